The number of alkyl halides is 5. The van der Waals surface area contributed by atoms with Crippen molar-refractivity contribution >= 4 is 22.7 Å². The van der Waals surface area contributed by atoms with E-state index in [1.807, 2.05) is 0 Å². The number of carbonyl (C=O) groups is 2. The number of nitrogens with one attached hydrogen (secondary N) is 1. The minimum absolute atomic E-state index is 0.0390. The minimum Gasteiger partial charge on any atom is -0.434 e. The lowest BCUT2D eigenvalue weighted by Crippen LogP contribution is -2.29. The van der Waals surface area contributed by atoms with Crippen molar-refractivity contribution in [2.45, 2.75) is 50.7 Å². The van der Waals surface area contributed by atoms with E-state index in [9.17, 15) is 36.6 Å². The lowest BCUT2D eigenvalue weighted by molar-refractivity contribution is -0.127. The number of hydrogen-bond acceptors (Lipinski definition) is 7. The number of fused-ring (bicyclic) bond motifs is 9. The number of nitrogens with zero attached hydrogens (tertiary/aromatic N) is 4. The molecule has 1 amide bonds. The zero-order valence-electron chi connectivity index (χ0n) is 21.1. The highest BCUT2D eigenvalue weighted by atomic mass is 19.4. The standard InChI is InChI=1S/C27H20F5N5O4/c1-11(38)22(39)23-33-7-6-15(34-23)21-13(10-27(30,31)32)20-12(8-19(21)41-26(28)29)25(40)36-16-9-18(20)37-17-5-3-2-4-14(17)35-24(16)37/h2-8,11,16,18,26,38H,9-10H2,1H3,(H,36,40)/t11?,16-,18-/m1/s1. The maximum absolute atomic E-state index is 14.2. The molecule has 212 valence electrons. The number of rotatable bonds is 6. The molecule has 0 radical (unpaired) electrons. The van der Waals surface area contributed by atoms with Gasteiger partial charge in [0.25, 0.3) is 5.91 Å². The first-order chi connectivity index (χ1) is 19.4. The molecule has 6 rings (SSSR count). The molecule has 0 saturated heterocycles. The van der Waals surface area contributed by atoms with Gasteiger partial charge < -0.3 is 19.7 Å². The van der Waals surface area contributed by atoms with Crippen LogP contribution in [0.25, 0.3) is 22.3 Å². The van der Waals surface area contributed by atoms with E-state index in [0.29, 0.717) is 16.9 Å². The van der Waals surface area contributed by atoms with Gasteiger partial charge >= 0.3 is 12.8 Å². The summed E-state index contributed by atoms with van der Waals surface area (Å²) in [6.07, 6.45) is -6.77. The fourth-order valence-electron chi connectivity index (χ4n) is 5.63. The molecule has 2 aliphatic heterocycles. The summed E-state index contributed by atoms with van der Waals surface area (Å²) < 4.78 is 76.3. The summed E-state index contributed by atoms with van der Waals surface area (Å²) in [5.41, 5.74) is -0.397. The van der Waals surface area contributed by atoms with Gasteiger partial charge in [0, 0.05) is 17.3 Å². The summed E-state index contributed by atoms with van der Waals surface area (Å²) in [6, 6.07) is 7.63. The number of ketones is 1. The van der Waals surface area contributed by atoms with E-state index in [4.69, 9.17) is 0 Å². The maximum Gasteiger partial charge on any atom is 0.393 e. The van der Waals surface area contributed by atoms with Gasteiger partial charge in [-0.3, -0.25) is 9.59 Å². The summed E-state index contributed by atoms with van der Waals surface area (Å²) in [6.45, 7) is -2.30. The molecule has 4 heterocycles. The molecule has 0 saturated carbocycles. The monoisotopic (exact) mass is 573 g/mol. The molecular formula is C27H20F5N5O4. The number of carbonyl (C=O) groups excluding carboxylic acids is 2. The second-order valence-corrected chi connectivity index (χ2v) is 9.77. The molecule has 1 unspecified atom stereocenters. The van der Waals surface area contributed by atoms with Crippen LogP contribution >= 0.6 is 0 Å². The molecule has 41 heavy (non-hydrogen) atoms. The van der Waals surface area contributed by atoms with Crippen LogP contribution < -0.4 is 10.1 Å². The molecule has 14 heteroatoms. The van der Waals surface area contributed by atoms with Crippen molar-refractivity contribution in [3.63, 3.8) is 0 Å². The second kappa shape index (κ2) is 9.58. The van der Waals surface area contributed by atoms with E-state index < -0.39 is 71.8 Å². The number of ether oxygens (including phenoxy) is 1. The highest BCUT2D eigenvalue weighted by Crippen LogP contribution is 2.50. The van der Waals surface area contributed by atoms with Crippen LogP contribution in [-0.2, 0) is 6.42 Å². The summed E-state index contributed by atoms with van der Waals surface area (Å²) >= 11 is 0. The topological polar surface area (TPSA) is 119 Å². The molecule has 3 atom stereocenters. The molecule has 2 N–H and O–H groups in total. The van der Waals surface area contributed by atoms with Crippen molar-refractivity contribution in [2.75, 3.05) is 0 Å². The first kappa shape index (κ1) is 26.7. The first-order valence-corrected chi connectivity index (χ1v) is 12.5. The number of para-hydroxylation sites is 2. The zero-order valence-corrected chi connectivity index (χ0v) is 21.1. The second-order valence-electron chi connectivity index (χ2n) is 9.77. The van der Waals surface area contributed by atoms with Gasteiger partial charge in [-0.05, 0) is 48.7 Å². The molecule has 2 aliphatic rings. The quantitative estimate of drug-likeness (QED) is 0.257. The van der Waals surface area contributed by atoms with Gasteiger partial charge in [0.15, 0.2) is 5.82 Å². The molecule has 0 spiro atoms. The van der Waals surface area contributed by atoms with E-state index in [-0.39, 0.29) is 23.2 Å². The van der Waals surface area contributed by atoms with Crippen LogP contribution in [0.5, 0.6) is 5.75 Å². The van der Waals surface area contributed by atoms with Gasteiger partial charge in [0.1, 0.15) is 17.7 Å². The van der Waals surface area contributed by atoms with Gasteiger partial charge in [0.05, 0.1) is 35.2 Å². The number of aliphatic hydroxyl groups is 1. The number of amides is 1. The lowest BCUT2D eigenvalue weighted by Gasteiger charge is -2.26. The first-order valence-electron chi connectivity index (χ1n) is 12.5. The average molecular weight is 573 g/mol. The molecule has 0 aliphatic carbocycles. The molecule has 2 aromatic heterocycles. The highest BCUT2D eigenvalue weighted by Gasteiger charge is 2.45. The van der Waals surface area contributed by atoms with E-state index in [2.05, 4.69) is 25.0 Å². The summed E-state index contributed by atoms with van der Waals surface area (Å²) in [4.78, 5) is 38.2. The van der Waals surface area contributed by atoms with E-state index >= 15 is 0 Å². The van der Waals surface area contributed by atoms with E-state index in [0.717, 1.165) is 25.3 Å². The fraction of sp³-hybridized carbons (Fsp3) is 0.296. The fourth-order valence-corrected chi connectivity index (χ4v) is 5.63. The largest absolute Gasteiger partial charge is 0.434 e. The number of imidazole rings is 1. The Kier molecular flexibility index (Phi) is 6.25. The summed E-state index contributed by atoms with van der Waals surface area (Å²) in [5, 5.41) is 12.5. The number of aromatic nitrogens is 4. The Balaban J connectivity index is 1.69. The maximum atomic E-state index is 14.2. The normalized spacial score (nSPS) is 18.6. The highest BCUT2D eigenvalue weighted by molar-refractivity contribution is 6.00. The van der Waals surface area contributed by atoms with Gasteiger partial charge in [-0.1, -0.05) is 12.1 Å². The molecule has 2 aromatic carbocycles. The third kappa shape index (κ3) is 4.57. The Bertz CT molecular complexity index is 1720. The number of benzene rings is 2. The van der Waals surface area contributed by atoms with Gasteiger partial charge in [-0.25, -0.2) is 15.0 Å². The van der Waals surface area contributed by atoms with Gasteiger partial charge in [0.2, 0.25) is 5.78 Å². The SMILES string of the molecule is CC(O)C(=O)c1nccc(-c2c(OC(F)F)cc3c(c2CC(F)(F)F)[C@H]2C[C@@H](NC3=O)c3nc4ccccc4n32)n1. The smallest absolute Gasteiger partial charge is 0.393 e. The molecule has 4 aromatic rings. The van der Waals surface area contributed by atoms with E-state index in [1.165, 1.54) is 0 Å². The average Bonchev–Trinajstić information content (AvgIpc) is 3.40. The van der Waals surface area contributed by atoms with Crippen molar-refractivity contribution in [1.29, 1.82) is 0 Å². The molecule has 0 fully saturated rings. The predicted molar refractivity (Wildman–Crippen MR) is 133 cm³/mol. The number of aliphatic hydroxyl groups excluding tert-OH is 1. The van der Waals surface area contributed by atoms with Crippen molar-refractivity contribution in [3.05, 3.63) is 70.9 Å². The van der Waals surface area contributed by atoms with Gasteiger partial charge in [-0.15, -0.1) is 0 Å². The Morgan fingerprint density at radius 3 is 2.68 bits per heavy atom. The number of hydrogen-bond donors (Lipinski definition) is 2. The van der Waals surface area contributed by atoms with Crippen LogP contribution in [0, 0.1) is 0 Å². The zero-order chi connectivity index (χ0) is 29.2. The number of Topliss-reactive ketones (excluding diaryl/α,β-unsaturated/α-hetero) is 1. The van der Waals surface area contributed by atoms with Crippen LogP contribution in [0.2, 0.25) is 0 Å². The Hall–Kier alpha value is -4.46. The molecule has 2 bridgehead atoms. The van der Waals surface area contributed by atoms with Crippen molar-refractivity contribution in [2.24, 2.45) is 0 Å². The summed E-state index contributed by atoms with van der Waals surface area (Å²) in [7, 11) is 0. The van der Waals surface area contributed by atoms with Crippen LogP contribution in [0.4, 0.5) is 22.0 Å². The predicted octanol–water partition coefficient (Wildman–Crippen LogP) is 4.54. The molecular weight excluding hydrogens is 553 g/mol. The lowest BCUT2D eigenvalue weighted by atomic mass is 9.86. The van der Waals surface area contributed by atoms with E-state index in [1.54, 1.807) is 28.8 Å². The number of halogens is 5. The van der Waals surface area contributed by atoms with Crippen LogP contribution in [0.1, 0.15) is 63.4 Å². The third-order valence-electron chi connectivity index (χ3n) is 7.13. The van der Waals surface area contributed by atoms with Crippen molar-refractivity contribution in [3.8, 4) is 17.0 Å². The summed E-state index contributed by atoms with van der Waals surface area (Å²) in [5.74, 6) is -2.50. The van der Waals surface area contributed by atoms with Crippen molar-refractivity contribution in [1.82, 2.24) is 24.8 Å². The van der Waals surface area contributed by atoms with Gasteiger partial charge in [-0.2, -0.15) is 22.0 Å². The minimum atomic E-state index is -4.85. The Morgan fingerprint density at radius 1 is 1.22 bits per heavy atom. The third-order valence-corrected chi connectivity index (χ3v) is 7.13. The van der Waals surface area contributed by atoms with Crippen molar-refractivity contribution < 1.29 is 41.4 Å². The Labute approximate surface area is 228 Å². The van der Waals surface area contributed by atoms with Crippen LogP contribution in [0.3, 0.4) is 0 Å². The van der Waals surface area contributed by atoms with Crippen LogP contribution in [-0.4, -0.2) is 55.2 Å². The Morgan fingerprint density at radius 2 is 1.98 bits per heavy atom. The van der Waals surface area contributed by atoms with Crippen LogP contribution in [0.15, 0.2) is 42.6 Å². The molecule has 9 nitrogen and oxygen atoms in total.